The third-order valence-corrected chi connectivity index (χ3v) is 2.42. The summed E-state index contributed by atoms with van der Waals surface area (Å²) in [5.41, 5.74) is 1.28. The Labute approximate surface area is 96.6 Å². The van der Waals surface area contributed by atoms with Gasteiger partial charge in [-0.2, -0.15) is 0 Å². The zero-order valence-electron chi connectivity index (χ0n) is 8.99. The second-order valence-electron chi connectivity index (χ2n) is 3.47. The molecule has 0 saturated carbocycles. The van der Waals surface area contributed by atoms with Crippen molar-refractivity contribution < 1.29 is 4.74 Å². The third kappa shape index (κ3) is 6.47. The molecule has 1 aromatic rings. The number of hydrogen-bond acceptors (Lipinski definition) is 2. The van der Waals surface area contributed by atoms with Crippen LogP contribution in [0.15, 0.2) is 24.5 Å². The SMILES string of the molecule is ClCCCCOCCCc1cccnc1. The maximum absolute atomic E-state index is 5.56. The lowest BCUT2D eigenvalue weighted by atomic mass is 10.2. The molecule has 1 rings (SSSR count). The molecule has 0 atom stereocenters. The number of nitrogens with zero attached hydrogens (tertiary/aromatic N) is 1. The van der Waals surface area contributed by atoms with Crippen molar-refractivity contribution >= 4 is 11.6 Å². The minimum absolute atomic E-state index is 0.735. The lowest BCUT2D eigenvalue weighted by molar-refractivity contribution is 0.129. The lowest BCUT2D eigenvalue weighted by Gasteiger charge is -2.03. The number of rotatable bonds is 8. The monoisotopic (exact) mass is 227 g/mol. The van der Waals surface area contributed by atoms with Crippen molar-refractivity contribution in [3.05, 3.63) is 30.1 Å². The van der Waals surface area contributed by atoms with Gasteiger partial charge in [0, 0.05) is 31.5 Å². The van der Waals surface area contributed by atoms with Crippen LogP contribution in [0.4, 0.5) is 0 Å². The van der Waals surface area contributed by atoms with E-state index < -0.39 is 0 Å². The Morgan fingerprint density at radius 1 is 1.20 bits per heavy atom. The highest BCUT2D eigenvalue weighted by Crippen LogP contribution is 2.01. The van der Waals surface area contributed by atoms with Gasteiger partial charge in [0.15, 0.2) is 0 Å². The van der Waals surface area contributed by atoms with Crippen LogP contribution in [0.3, 0.4) is 0 Å². The van der Waals surface area contributed by atoms with E-state index in [9.17, 15) is 0 Å². The van der Waals surface area contributed by atoms with Crippen molar-refractivity contribution in [2.24, 2.45) is 0 Å². The summed E-state index contributed by atoms with van der Waals surface area (Å²) in [6, 6.07) is 4.07. The highest BCUT2D eigenvalue weighted by atomic mass is 35.5. The van der Waals surface area contributed by atoms with E-state index >= 15 is 0 Å². The zero-order valence-corrected chi connectivity index (χ0v) is 9.75. The number of pyridine rings is 1. The minimum Gasteiger partial charge on any atom is -0.381 e. The molecule has 0 aromatic carbocycles. The molecule has 84 valence electrons. The van der Waals surface area contributed by atoms with Crippen LogP contribution >= 0.6 is 11.6 Å². The molecule has 3 heteroatoms. The summed E-state index contributed by atoms with van der Waals surface area (Å²) in [5, 5.41) is 0. The smallest absolute Gasteiger partial charge is 0.0469 e. The average molecular weight is 228 g/mol. The number of unbranched alkanes of at least 4 members (excludes halogenated alkanes) is 1. The van der Waals surface area contributed by atoms with Gasteiger partial charge in [0.1, 0.15) is 0 Å². The van der Waals surface area contributed by atoms with Gasteiger partial charge in [-0.3, -0.25) is 4.98 Å². The molecule has 0 unspecified atom stereocenters. The Hall–Kier alpha value is -0.600. The number of halogens is 1. The predicted octanol–water partition coefficient (Wildman–Crippen LogP) is 3.05. The van der Waals surface area contributed by atoms with Crippen molar-refractivity contribution in [3.8, 4) is 0 Å². The molecule has 0 fully saturated rings. The summed E-state index contributed by atoms with van der Waals surface area (Å²) in [6.07, 6.45) is 7.93. The van der Waals surface area contributed by atoms with Gasteiger partial charge in [-0.15, -0.1) is 11.6 Å². The maximum Gasteiger partial charge on any atom is 0.0469 e. The first-order chi connectivity index (χ1) is 7.43. The van der Waals surface area contributed by atoms with E-state index in [0.717, 1.165) is 44.8 Å². The number of aryl methyl sites for hydroxylation is 1. The quantitative estimate of drug-likeness (QED) is 0.503. The number of alkyl halides is 1. The Morgan fingerprint density at radius 2 is 2.07 bits per heavy atom. The van der Waals surface area contributed by atoms with Crippen molar-refractivity contribution in [1.29, 1.82) is 0 Å². The van der Waals surface area contributed by atoms with E-state index in [1.54, 1.807) is 6.20 Å². The largest absolute Gasteiger partial charge is 0.381 e. The van der Waals surface area contributed by atoms with Crippen LogP contribution in [0.2, 0.25) is 0 Å². The van der Waals surface area contributed by atoms with Gasteiger partial charge < -0.3 is 4.74 Å². The molecule has 0 aliphatic rings. The Balaban J connectivity index is 1.93. The molecule has 0 radical (unpaired) electrons. The van der Waals surface area contributed by atoms with Gasteiger partial charge in [-0.25, -0.2) is 0 Å². The Kier molecular flexibility index (Phi) is 7.22. The molecule has 0 aliphatic heterocycles. The van der Waals surface area contributed by atoms with Gasteiger partial charge in [-0.1, -0.05) is 6.07 Å². The molecule has 0 bridgehead atoms. The molecule has 0 N–H and O–H groups in total. The third-order valence-electron chi connectivity index (χ3n) is 2.15. The standard InChI is InChI=1S/C12H18ClNO/c13-7-1-2-9-15-10-4-6-12-5-3-8-14-11-12/h3,5,8,11H,1-2,4,6-7,9-10H2. The summed E-state index contributed by atoms with van der Waals surface area (Å²) in [7, 11) is 0. The fourth-order valence-electron chi connectivity index (χ4n) is 1.33. The van der Waals surface area contributed by atoms with Crippen LogP contribution in [0.25, 0.3) is 0 Å². The van der Waals surface area contributed by atoms with Crippen LogP contribution in [0.1, 0.15) is 24.8 Å². The molecule has 2 nitrogen and oxygen atoms in total. The molecule has 0 spiro atoms. The van der Waals surface area contributed by atoms with Crippen molar-refractivity contribution in [3.63, 3.8) is 0 Å². The van der Waals surface area contributed by atoms with Crippen molar-refractivity contribution in [1.82, 2.24) is 4.98 Å². The van der Waals surface area contributed by atoms with E-state index in [2.05, 4.69) is 11.1 Å². The highest BCUT2D eigenvalue weighted by Gasteiger charge is 1.93. The zero-order chi connectivity index (χ0) is 10.8. The van der Waals surface area contributed by atoms with E-state index in [0.29, 0.717) is 0 Å². The molecule has 1 aromatic heterocycles. The average Bonchev–Trinajstić information content (AvgIpc) is 2.29. The second-order valence-corrected chi connectivity index (χ2v) is 3.85. The lowest BCUT2D eigenvalue weighted by Crippen LogP contribution is -1.99. The second kappa shape index (κ2) is 8.69. The summed E-state index contributed by atoms with van der Waals surface area (Å²) < 4.78 is 5.48. The first kappa shape index (κ1) is 12.5. The fraction of sp³-hybridized carbons (Fsp3) is 0.583. The Morgan fingerprint density at radius 3 is 2.80 bits per heavy atom. The molecule has 15 heavy (non-hydrogen) atoms. The predicted molar refractivity (Wildman–Crippen MR) is 63.3 cm³/mol. The topological polar surface area (TPSA) is 22.1 Å². The fourth-order valence-corrected chi connectivity index (χ4v) is 1.51. The van der Waals surface area contributed by atoms with Crippen LogP contribution in [0.5, 0.6) is 0 Å². The van der Waals surface area contributed by atoms with Gasteiger partial charge in [0.25, 0.3) is 0 Å². The van der Waals surface area contributed by atoms with E-state index in [1.165, 1.54) is 5.56 Å². The van der Waals surface area contributed by atoms with Crippen molar-refractivity contribution in [2.75, 3.05) is 19.1 Å². The van der Waals surface area contributed by atoms with Gasteiger partial charge in [0.2, 0.25) is 0 Å². The van der Waals surface area contributed by atoms with E-state index in [1.807, 2.05) is 12.3 Å². The minimum atomic E-state index is 0.735. The summed E-state index contributed by atoms with van der Waals surface area (Å²) >= 11 is 5.56. The maximum atomic E-state index is 5.56. The molecular weight excluding hydrogens is 210 g/mol. The normalized spacial score (nSPS) is 10.5. The molecular formula is C12H18ClNO. The van der Waals surface area contributed by atoms with E-state index in [-0.39, 0.29) is 0 Å². The summed E-state index contributed by atoms with van der Waals surface area (Å²) in [5.74, 6) is 0.735. The van der Waals surface area contributed by atoms with Crippen LogP contribution in [-0.2, 0) is 11.2 Å². The van der Waals surface area contributed by atoms with Crippen LogP contribution in [0, 0.1) is 0 Å². The number of hydrogen-bond donors (Lipinski definition) is 0. The van der Waals surface area contributed by atoms with Gasteiger partial charge in [-0.05, 0) is 37.3 Å². The molecule has 0 aliphatic carbocycles. The highest BCUT2D eigenvalue weighted by molar-refractivity contribution is 6.17. The van der Waals surface area contributed by atoms with Crippen LogP contribution < -0.4 is 0 Å². The van der Waals surface area contributed by atoms with E-state index in [4.69, 9.17) is 16.3 Å². The number of aromatic nitrogens is 1. The summed E-state index contributed by atoms with van der Waals surface area (Å²) in [4.78, 5) is 4.07. The molecule has 0 saturated heterocycles. The van der Waals surface area contributed by atoms with Gasteiger partial charge >= 0.3 is 0 Å². The molecule has 1 heterocycles. The van der Waals surface area contributed by atoms with Crippen molar-refractivity contribution in [2.45, 2.75) is 25.7 Å². The number of ether oxygens (including phenoxy) is 1. The first-order valence-electron chi connectivity index (χ1n) is 5.46. The first-order valence-corrected chi connectivity index (χ1v) is 5.99. The molecule has 0 amide bonds. The summed E-state index contributed by atoms with van der Waals surface area (Å²) in [6.45, 7) is 1.66. The van der Waals surface area contributed by atoms with Crippen LogP contribution in [-0.4, -0.2) is 24.1 Å². The Bertz CT molecular complexity index is 241. The van der Waals surface area contributed by atoms with Gasteiger partial charge in [0.05, 0.1) is 0 Å².